The summed E-state index contributed by atoms with van der Waals surface area (Å²) in [5, 5.41) is 14.7. The van der Waals surface area contributed by atoms with Gasteiger partial charge in [-0.1, -0.05) is 23.2 Å². The number of ether oxygens (including phenoxy) is 3. The first-order valence-corrected chi connectivity index (χ1v) is 14.0. The Morgan fingerprint density at radius 1 is 0.907 bits per heavy atom. The Kier molecular flexibility index (Phi) is 9.98. The zero-order valence-electron chi connectivity index (χ0n) is 22.7. The van der Waals surface area contributed by atoms with Crippen LogP contribution in [0.4, 0.5) is 8.78 Å². The zero-order chi connectivity index (χ0) is 31.4. The molecule has 2 aromatic rings. The lowest BCUT2D eigenvalue weighted by molar-refractivity contribution is -0.168. The van der Waals surface area contributed by atoms with Crippen molar-refractivity contribution in [3.63, 3.8) is 0 Å². The number of nitrogens with one attached hydrogen (secondary N) is 2. The van der Waals surface area contributed by atoms with Crippen LogP contribution in [0.1, 0.15) is 38.5 Å². The molecule has 0 aromatic heterocycles. The van der Waals surface area contributed by atoms with E-state index >= 15 is 0 Å². The second-order valence-electron chi connectivity index (χ2n) is 10.6. The van der Waals surface area contributed by atoms with Crippen LogP contribution in [0.15, 0.2) is 36.4 Å². The number of aliphatic carboxylic acids is 1. The van der Waals surface area contributed by atoms with Gasteiger partial charge in [-0.25, -0.2) is 8.78 Å². The van der Waals surface area contributed by atoms with Crippen molar-refractivity contribution < 1.29 is 47.3 Å². The van der Waals surface area contributed by atoms with E-state index in [-0.39, 0.29) is 28.0 Å². The highest BCUT2D eigenvalue weighted by molar-refractivity contribution is 6.31. The first kappa shape index (κ1) is 32.2. The Morgan fingerprint density at radius 3 is 1.91 bits per heavy atom. The molecule has 3 fully saturated rings. The Hall–Kier alpha value is -3.68. The second-order valence-corrected chi connectivity index (χ2v) is 11.4. The van der Waals surface area contributed by atoms with Gasteiger partial charge in [0.15, 0.2) is 13.2 Å². The van der Waals surface area contributed by atoms with Crippen molar-refractivity contribution in [2.75, 3.05) is 13.2 Å². The fraction of sp³-hybridized carbons (Fsp3) is 0.429. The lowest BCUT2D eigenvalue weighted by Crippen LogP contribution is -2.71. The molecule has 15 heteroatoms. The van der Waals surface area contributed by atoms with Gasteiger partial charge in [0.05, 0.1) is 22.0 Å². The maximum absolute atomic E-state index is 13.7. The van der Waals surface area contributed by atoms with Crippen LogP contribution >= 0.6 is 23.2 Å². The number of carbonyl (C=O) groups is 4. The van der Waals surface area contributed by atoms with Crippen LogP contribution in [0.2, 0.25) is 10.0 Å². The third-order valence-corrected chi connectivity index (χ3v) is 8.20. The summed E-state index contributed by atoms with van der Waals surface area (Å²) in [6, 6.07) is 6.00. The van der Waals surface area contributed by atoms with E-state index in [0.717, 1.165) is 12.1 Å². The number of rotatable bonds is 12. The number of nitrogens with two attached hydrogens (primary N) is 1. The van der Waals surface area contributed by atoms with Gasteiger partial charge in [-0.2, -0.15) is 0 Å². The van der Waals surface area contributed by atoms with Crippen LogP contribution in [-0.4, -0.2) is 65.3 Å². The third kappa shape index (κ3) is 8.03. The van der Waals surface area contributed by atoms with Gasteiger partial charge in [0, 0.05) is 24.1 Å². The minimum atomic E-state index is -1.49. The fourth-order valence-electron chi connectivity index (χ4n) is 5.34. The van der Waals surface area contributed by atoms with Crippen molar-refractivity contribution in [1.82, 2.24) is 10.6 Å². The topological polar surface area (TPSA) is 166 Å². The van der Waals surface area contributed by atoms with E-state index in [1.54, 1.807) is 0 Å². The van der Waals surface area contributed by atoms with E-state index in [1.807, 2.05) is 0 Å². The molecule has 0 aliphatic heterocycles. The van der Waals surface area contributed by atoms with Crippen LogP contribution in [0.3, 0.4) is 0 Å². The van der Waals surface area contributed by atoms with Crippen LogP contribution in [0.5, 0.6) is 11.5 Å². The number of benzene rings is 2. The molecule has 2 atom stereocenters. The van der Waals surface area contributed by atoms with E-state index < -0.39 is 78.2 Å². The molecule has 5 N–H and O–H groups in total. The molecule has 0 heterocycles. The fourth-order valence-corrected chi connectivity index (χ4v) is 5.57. The molecule has 43 heavy (non-hydrogen) atoms. The number of hydrogen-bond acceptors (Lipinski definition) is 8. The molecule has 0 spiro atoms. The molecule has 0 radical (unpaired) electrons. The predicted molar refractivity (Wildman–Crippen MR) is 149 cm³/mol. The number of amides is 2. The summed E-state index contributed by atoms with van der Waals surface area (Å²) >= 11 is 11.3. The minimum Gasteiger partial charge on any atom is -0.484 e. The number of esters is 1. The molecule has 2 amide bonds. The monoisotopic (exact) mass is 643 g/mol. The van der Waals surface area contributed by atoms with Crippen molar-refractivity contribution in [1.29, 1.82) is 0 Å². The van der Waals surface area contributed by atoms with E-state index in [0.29, 0.717) is 25.7 Å². The summed E-state index contributed by atoms with van der Waals surface area (Å²) in [7, 11) is 0. The molecule has 3 aliphatic rings. The number of hydrogen-bond donors (Lipinski definition) is 4. The van der Waals surface area contributed by atoms with Crippen molar-refractivity contribution >= 4 is 47.0 Å². The zero-order valence-corrected chi connectivity index (χ0v) is 24.2. The Balaban J connectivity index is 1.43. The highest BCUT2D eigenvalue weighted by Gasteiger charge is 2.57. The maximum Gasteiger partial charge on any atom is 0.321 e. The van der Waals surface area contributed by atoms with Gasteiger partial charge < -0.3 is 35.7 Å². The van der Waals surface area contributed by atoms with Crippen LogP contribution < -0.4 is 25.8 Å². The lowest BCUT2D eigenvalue weighted by Gasteiger charge is -2.57. The van der Waals surface area contributed by atoms with Crippen LogP contribution in [0, 0.1) is 11.6 Å². The summed E-state index contributed by atoms with van der Waals surface area (Å²) < 4.78 is 43.9. The van der Waals surface area contributed by atoms with Gasteiger partial charge in [0.2, 0.25) is 0 Å². The number of carboxylic acids is 1. The minimum absolute atomic E-state index is 0.0813. The van der Waals surface area contributed by atoms with Gasteiger partial charge >= 0.3 is 11.9 Å². The second kappa shape index (κ2) is 13.3. The number of carboxylic acid groups (broad SMARTS) is 1. The summed E-state index contributed by atoms with van der Waals surface area (Å²) in [5.74, 6) is -4.57. The summed E-state index contributed by atoms with van der Waals surface area (Å²) in [5.41, 5.74) is 3.63. The van der Waals surface area contributed by atoms with Crippen molar-refractivity contribution in [2.24, 2.45) is 5.73 Å². The summed E-state index contributed by atoms with van der Waals surface area (Å²) in [6.07, 6.45) is -0.0625. The van der Waals surface area contributed by atoms with Crippen molar-refractivity contribution in [3.8, 4) is 11.5 Å². The predicted octanol–water partition coefficient (Wildman–Crippen LogP) is 3.13. The van der Waals surface area contributed by atoms with Gasteiger partial charge in [0.1, 0.15) is 35.3 Å². The smallest absolute Gasteiger partial charge is 0.321 e. The third-order valence-electron chi connectivity index (χ3n) is 7.58. The Labute approximate surface area is 254 Å². The molecular weight excluding hydrogens is 615 g/mol. The SMILES string of the molecule is N[C@@H](CC(=O)O[C@H]1CC2(NC(=O)COc3ccc(Cl)c(F)c3)CCC1(NC(=O)COc1ccc(Cl)c(F)c1)CC2)C(=O)O. The normalized spacial score (nSPS) is 23.1. The Bertz CT molecular complexity index is 1400. The highest BCUT2D eigenvalue weighted by atomic mass is 35.5. The average Bonchev–Trinajstić information content (AvgIpc) is 2.95. The molecular formula is C28H29Cl2F2N3O8. The largest absolute Gasteiger partial charge is 0.484 e. The van der Waals surface area contributed by atoms with E-state index in [1.165, 1.54) is 24.3 Å². The van der Waals surface area contributed by atoms with Gasteiger partial charge in [-0.05, 0) is 49.9 Å². The summed E-state index contributed by atoms with van der Waals surface area (Å²) in [6.45, 7) is -0.900. The maximum atomic E-state index is 13.7. The first-order chi connectivity index (χ1) is 20.3. The van der Waals surface area contributed by atoms with Gasteiger partial charge in [0.25, 0.3) is 11.8 Å². The van der Waals surface area contributed by atoms with Crippen LogP contribution in [0.25, 0.3) is 0 Å². The van der Waals surface area contributed by atoms with Crippen molar-refractivity contribution in [2.45, 2.75) is 61.7 Å². The molecule has 11 nitrogen and oxygen atoms in total. The Morgan fingerprint density at radius 2 is 1.42 bits per heavy atom. The number of halogens is 4. The molecule has 2 bridgehead atoms. The molecule has 3 aliphatic carbocycles. The quantitative estimate of drug-likeness (QED) is 0.254. The number of fused-ring (bicyclic) bond motifs is 3. The van der Waals surface area contributed by atoms with E-state index in [9.17, 15) is 28.0 Å². The highest BCUT2D eigenvalue weighted by Crippen LogP contribution is 2.48. The molecule has 3 saturated carbocycles. The van der Waals surface area contributed by atoms with Crippen molar-refractivity contribution in [3.05, 3.63) is 58.1 Å². The molecule has 0 unspecified atom stereocenters. The first-order valence-electron chi connectivity index (χ1n) is 13.3. The average molecular weight is 644 g/mol. The van der Waals surface area contributed by atoms with Gasteiger partial charge in [-0.15, -0.1) is 0 Å². The van der Waals surface area contributed by atoms with Crippen LogP contribution in [-0.2, 0) is 23.9 Å². The molecule has 5 rings (SSSR count). The van der Waals surface area contributed by atoms with Gasteiger partial charge in [-0.3, -0.25) is 19.2 Å². The lowest BCUT2D eigenvalue weighted by atomic mass is 9.59. The molecule has 232 valence electrons. The molecule has 0 saturated heterocycles. The summed E-state index contributed by atoms with van der Waals surface area (Å²) in [4.78, 5) is 49.5. The molecule has 2 aromatic carbocycles. The standard InChI is InChI=1S/C28H29Cl2F2N3O8/c29-17-3-1-15(9-19(17)31)41-13-23(36)34-27-5-7-28(8-6-27,22(12-27)43-25(38)11-21(33)26(39)40)35-24(37)14-42-16-2-4-18(30)20(32)10-16/h1-4,9-10,21-22H,5-8,11-14,33H2,(H,34,36)(H,35,37)(H,39,40)/t21-,22-,27?,28?/m0/s1. The van der Waals surface area contributed by atoms with E-state index in [2.05, 4.69) is 10.6 Å². The number of carbonyl (C=O) groups excluding carboxylic acids is 3. The van der Waals surface area contributed by atoms with E-state index in [4.69, 9.17) is 48.3 Å².